The maximum Gasteiger partial charge on any atom is 0.159 e. The molecule has 0 fully saturated rings. The van der Waals surface area contributed by atoms with Gasteiger partial charge in [-0.2, -0.15) is 0 Å². The van der Waals surface area contributed by atoms with Gasteiger partial charge < -0.3 is 14.5 Å². The molecule has 0 radical (unpaired) electrons. The van der Waals surface area contributed by atoms with Crippen LogP contribution >= 0.6 is 11.3 Å². The number of amidine groups is 2. The fourth-order valence-corrected chi connectivity index (χ4v) is 12.7. The van der Waals surface area contributed by atoms with Crippen molar-refractivity contribution < 1.29 is 0 Å². The van der Waals surface area contributed by atoms with E-state index in [1.807, 2.05) is 11.3 Å². The van der Waals surface area contributed by atoms with Crippen LogP contribution in [0.2, 0.25) is 0 Å². The first kappa shape index (κ1) is 43.0. The Morgan fingerprint density at radius 2 is 0.893 bits per heavy atom. The van der Waals surface area contributed by atoms with Crippen molar-refractivity contribution >= 4 is 86.8 Å². The lowest BCUT2D eigenvalue weighted by atomic mass is 9.95. The van der Waals surface area contributed by atoms with Gasteiger partial charge in [-0.25, -0.2) is 9.98 Å². The van der Waals surface area contributed by atoms with E-state index in [-0.39, 0.29) is 0 Å². The first-order valence-electron chi connectivity index (χ1n) is 25.5. The van der Waals surface area contributed by atoms with Gasteiger partial charge in [0.15, 0.2) is 5.84 Å². The predicted octanol–water partition coefficient (Wildman–Crippen LogP) is 17.7. The highest BCUT2D eigenvalue weighted by Crippen LogP contribution is 2.46. The van der Waals surface area contributed by atoms with Gasteiger partial charge in [-0.15, -0.1) is 11.3 Å². The lowest BCUT2D eigenvalue weighted by Crippen LogP contribution is -2.34. The van der Waals surface area contributed by atoms with Crippen molar-refractivity contribution in [3.8, 4) is 44.8 Å². The number of thiophene rings is 1. The summed E-state index contributed by atoms with van der Waals surface area (Å²) in [4.78, 5) is 10.9. The van der Waals surface area contributed by atoms with Gasteiger partial charge in [0.25, 0.3) is 0 Å². The number of aliphatic imine (C=N–C) groups is 2. The molecule has 15 rings (SSSR count). The van der Waals surface area contributed by atoms with Crippen molar-refractivity contribution in [3.63, 3.8) is 0 Å². The number of hydrogen-bond donors (Lipinski definition) is 1. The average Bonchev–Trinajstić information content (AvgIpc) is 4.16. The summed E-state index contributed by atoms with van der Waals surface area (Å²) in [6, 6.07) is 94.2. The van der Waals surface area contributed by atoms with Crippen molar-refractivity contribution in [1.82, 2.24) is 14.5 Å². The molecule has 1 atom stereocenters. The van der Waals surface area contributed by atoms with E-state index in [0.29, 0.717) is 5.84 Å². The molecule has 5 nitrogen and oxygen atoms in total. The third-order valence-electron chi connectivity index (χ3n) is 15.0. The largest absolute Gasteiger partial charge is 0.344 e. The van der Waals surface area contributed by atoms with E-state index in [0.717, 1.165) is 56.1 Å². The van der Waals surface area contributed by atoms with Crippen molar-refractivity contribution in [2.45, 2.75) is 6.17 Å². The molecule has 352 valence electrons. The maximum absolute atomic E-state index is 5.55. The molecule has 1 unspecified atom stereocenters. The van der Waals surface area contributed by atoms with Gasteiger partial charge >= 0.3 is 0 Å². The molecule has 0 bridgehead atoms. The highest BCUT2D eigenvalue weighted by Gasteiger charge is 2.27. The van der Waals surface area contributed by atoms with Crippen molar-refractivity contribution in [3.05, 3.63) is 278 Å². The number of benzene rings is 11. The molecule has 1 aliphatic heterocycles. The Balaban J connectivity index is 0.945. The Bertz CT molecular complexity index is 4600. The average molecular weight is 976 g/mol. The maximum atomic E-state index is 5.55. The van der Waals surface area contributed by atoms with Gasteiger partial charge in [0, 0.05) is 64.1 Å². The van der Waals surface area contributed by atoms with Gasteiger partial charge in [-0.1, -0.05) is 206 Å². The van der Waals surface area contributed by atoms with Gasteiger partial charge in [-0.3, -0.25) is 0 Å². The molecule has 0 saturated carbocycles. The third kappa shape index (κ3) is 7.14. The van der Waals surface area contributed by atoms with Gasteiger partial charge in [0.05, 0.1) is 27.8 Å². The van der Waals surface area contributed by atoms with Gasteiger partial charge in [-0.05, 0) is 88.0 Å². The number of fused-ring (bicyclic) bond motifs is 9. The molecule has 4 heterocycles. The fourth-order valence-electron chi connectivity index (χ4n) is 11.6. The second kappa shape index (κ2) is 17.6. The first-order chi connectivity index (χ1) is 37.2. The Morgan fingerprint density at radius 1 is 0.360 bits per heavy atom. The molecular weight excluding hydrogens is 931 g/mol. The number of rotatable bonds is 8. The second-order valence-corrected chi connectivity index (χ2v) is 20.4. The summed E-state index contributed by atoms with van der Waals surface area (Å²) < 4.78 is 7.38. The zero-order valence-electron chi connectivity index (χ0n) is 40.6. The van der Waals surface area contributed by atoms with Crippen LogP contribution in [0.25, 0.3) is 109 Å². The van der Waals surface area contributed by atoms with Crippen LogP contribution in [0.15, 0.2) is 271 Å². The highest BCUT2D eigenvalue weighted by atomic mass is 32.1. The normalized spacial score (nSPS) is 13.7. The Labute approximate surface area is 437 Å². The van der Waals surface area contributed by atoms with E-state index >= 15 is 0 Å². The molecule has 11 aromatic carbocycles. The van der Waals surface area contributed by atoms with E-state index in [1.165, 1.54) is 75.0 Å². The Morgan fingerprint density at radius 3 is 1.65 bits per heavy atom. The molecule has 0 saturated heterocycles. The van der Waals surface area contributed by atoms with Crippen LogP contribution in [-0.2, 0) is 0 Å². The van der Waals surface area contributed by atoms with E-state index in [4.69, 9.17) is 9.98 Å². The number of nitrogens with one attached hydrogen (secondary N) is 1. The minimum Gasteiger partial charge on any atom is -0.344 e. The van der Waals surface area contributed by atoms with Crippen LogP contribution in [0.4, 0.5) is 0 Å². The lowest BCUT2D eigenvalue weighted by molar-refractivity contribution is 0.671. The summed E-state index contributed by atoms with van der Waals surface area (Å²) in [6.07, 6.45) is -0.485. The number of nitrogens with zero attached hydrogens (tertiary/aromatic N) is 4. The SMILES string of the molecule is c1ccc(-c2ccc(C3=NC(c4ccccc4-n4c5cc(-c6ccccc6)ccc5c5c(-c6cccc7c6c6ccccc6n7-c6ccccc6)cccc54)NC(c4ccc5c(c4)sc4ccccc45)=N3)cc2)cc1. The summed E-state index contributed by atoms with van der Waals surface area (Å²) in [7, 11) is 0. The number of aromatic nitrogens is 2. The highest BCUT2D eigenvalue weighted by molar-refractivity contribution is 7.25. The number of para-hydroxylation sites is 3. The fraction of sp³-hybridized carbons (Fsp3) is 0.0145. The van der Waals surface area contributed by atoms with Crippen LogP contribution in [0.3, 0.4) is 0 Å². The standard InChI is InChI=1S/C69H45N5S/c1-4-18-44(19-5-1)46-34-36-47(37-35-46)67-70-68(49-39-40-52-51-24-12-15-33-63(51)75-64(52)43-49)72-69(71-67)57-26-11-14-30-59(57)74-61-32-17-28-54(66(61)56-41-38-48(42-62(56)74)45-20-6-2-7-21-45)53-27-16-31-60-65(53)55-25-10-13-29-58(55)73(60)50-22-8-3-9-23-50/h1-43,69H,(H,70,71,72). The van der Waals surface area contributed by atoms with E-state index in [9.17, 15) is 0 Å². The van der Waals surface area contributed by atoms with Crippen molar-refractivity contribution in [2.24, 2.45) is 9.98 Å². The first-order valence-corrected chi connectivity index (χ1v) is 26.3. The molecule has 0 aliphatic carbocycles. The molecule has 14 aromatic rings. The van der Waals surface area contributed by atoms with Gasteiger partial charge in [0.1, 0.15) is 12.0 Å². The summed E-state index contributed by atoms with van der Waals surface area (Å²) in [5.74, 6) is 1.46. The van der Waals surface area contributed by atoms with Crippen molar-refractivity contribution in [2.75, 3.05) is 0 Å². The minimum absolute atomic E-state index is 0.485. The van der Waals surface area contributed by atoms with E-state index < -0.39 is 6.17 Å². The summed E-state index contributed by atoms with van der Waals surface area (Å²) in [5, 5.41) is 11.3. The summed E-state index contributed by atoms with van der Waals surface area (Å²) >= 11 is 1.82. The molecule has 1 aliphatic rings. The Hall–Kier alpha value is -9.62. The molecular formula is C69H45N5S. The zero-order chi connectivity index (χ0) is 49.4. The minimum atomic E-state index is -0.485. The third-order valence-corrected chi connectivity index (χ3v) is 16.2. The van der Waals surface area contributed by atoms with Crippen LogP contribution in [-0.4, -0.2) is 20.8 Å². The van der Waals surface area contributed by atoms with Crippen LogP contribution in [0, 0.1) is 0 Å². The lowest BCUT2D eigenvalue weighted by Gasteiger charge is -2.26. The molecule has 75 heavy (non-hydrogen) atoms. The van der Waals surface area contributed by atoms with Crippen LogP contribution < -0.4 is 5.32 Å². The molecule has 0 spiro atoms. The summed E-state index contributed by atoms with van der Waals surface area (Å²) in [6.45, 7) is 0. The topological polar surface area (TPSA) is 46.6 Å². The summed E-state index contributed by atoms with van der Waals surface area (Å²) in [5.41, 5.74) is 16.8. The second-order valence-electron chi connectivity index (χ2n) is 19.3. The molecule has 0 amide bonds. The molecule has 3 aromatic heterocycles. The van der Waals surface area contributed by atoms with E-state index in [2.05, 4.69) is 275 Å². The monoisotopic (exact) mass is 975 g/mol. The van der Waals surface area contributed by atoms with Crippen molar-refractivity contribution in [1.29, 1.82) is 0 Å². The smallest absolute Gasteiger partial charge is 0.159 e. The molecule has 1 N–H and O–H groups in total. The Kier molecular flexibility index (Phi) is 10.1. The predicted molar refractivity (Wildman–Crippen MR) is 316 cm³/mol. The van der Waals surface area contributed by atoms with Crippen LogP contribution in [0.5, 0.6) is 0 Å². The van der Waals surface area contributed by atoms with Crippen LogP contribution in [0.1, 0.15) is 22.9 Å². The van der Waals surface area contributed by atoms with E-state index in [1.54, 1.807) is 0 Å². The quantitative estimate of drug-likeness (QED) is 0.162. The van der Waals surface area contributed by atoms with Gasteiger partial charge in [0.2, 0.25) is 0 Å². The zero-order valence-corrected chi connectivity index (χ0v) is 41.4. The number of hydrogen-bond acceptors (Lipinski definition) is 4. The molecule has 6 heteroatoms.